The minimum atomic E-state index is -3.57. The molecule has 2 aliphatic carbocycles. The Hall–Kier alpha value is -0.260. The lowest BCUT2D eigenvalue weighted by Gasteiger charge is -2.47. The lowest BCUT2D eigenvalue weighted by atomic mass is 9.68. The lowest BCUT2D eigenvalue weighted by molar-refractivity contribution is -0.244. The highest BCUT2D eigenvalue weighted by atomic mass is 32.2. The second kappa shape index (κ2) is 6.62. The molecule has 0 unspecified atom stereocenters. The van der Waals surface area contributed by atoms with Crippen molar-refractivity contribution in [3.63, 3.8) is 0 Å². The van der Waals surface area contributed by atoms with E-state index in [-0.39, 0.29) is 24.4 Å². The zero-order valence-corrected chi connectivity index (χ0v) is 18.5. The fraction of sp³-hybridized carbons (Fsp3) is 1.00. The molecule has 2 bridgehead atoms. The van der Waals surface area contributed by atoms with Crippen molar-refractivity contribution in [1.82, 2.24) is 4.31 Å². The molecule has 2 heterocycles. The van der Waals surface area contributed by atoms with Gasteiger partial charge in [-0.2, -0.15) is 8.42 Å². The lowest BCUT2D eigenvalue weighted by Crippen LogP contribution is -2.56. The van der Waals surface area contributed by atoms with Crippen LogP contribution in [-0.4, -0.2) is 71.3 Å². The van der Waals surface area contributed by atoms with Crippen LogP contribution in [0.2, 0.25) is 0 Å². The van der Waals surface area contributed by atoms with Gasteiger partial charge in [0.2, 0.25) is 10.0 Å². The van der Waals surface area contributed by atoms with E-state index in [0.717, 1.165) is 31.9 Å². The number of nitrogens with zero attached hydrogens (tertiary/aromatic N) is 1. The summed E-state index contributed by atoms with van der Waals surface area (Å²) < 4.78 is 68.1. The van der Waals surface area contributed by atoms with Crippen LogP contribution >= 0.6 is 0 Å². The summed E-state index contributed by atoms with van der Waals surface area (Å²) in [4.78, 5) is 0. The van der Waals surface area contributed by atoms with Gasteiger partial charge >= 0.3 is 0 Å². The monoisotopic (exact) mass is 437 g/mol. The summed E-state index contributed by atoms with van der Waals surface area (Å²) >= 11 is 0. The highest BCUT2D eigenvalue weighted by Gasteiger charge is 2.75. The molecule has 2 saturated heterocycles. The highest BCUT2D eigenvalue weighted by Crippen LogP contribution is 2.72. The van der Waals surface area contributed by atoms with Crippen molar-refractivity contribution in [2.45, 2.75) is 57.8 Å². The van der Waals surface area contributed by atoms with Gasteiger partial charge in [-0.1, -0.05) is 13.8 Å². The molecule has 28 heavy (non-hydrogen) atoms. The Kier molecular flexibility index (Phi) is 4.96. The van der Waals surface area contributed by atoms with E-state index >= 15 is 0 Å². The molecular weight excluding hydrogens is 406 g/mol. The third-order valence-electron chi connectivity index (χ3n) is 7.63. The fourth-order valence-corrected chi connectivity index (χ4v) is 8.75. The van der Waals surface area contributed by atoms with Crippen LogP contribution in [0.15, 0.2) is 0 Å². The second-order valence-corrected chi connectivity index (χ2v) is 13.0. The summed E-state index contributed by atoms with van der Waals surface area (Å²) in [5, 5.41) is 0. The number of fused-ring (bicyclic) bond motifs is 3. The fourth-order valence-electron chi connectivity index (χ4n) is 5.99. The van der Waals surface area contributed by atoms with Crippen LogP contribution in [0, 0.1) is 16.7 Å². The van der Waals surface area contributed by atoms with Gasteiger partial charge in [0, 0.05) is 24.9 Å². The van der Waals surface area contributed by atoms with Gasteiger partial charge in [-0.3, -0.25) is 4.18 Å². The normalized spacial score (nSPS) is 40.7. The van der Waals surface area contributed by atoms with E-state index in [4.69, 9.17) is 13.7 Å². The molecule has 4 aliphatic rings. The molecule has 10 heteroatoms. The second-order valence-electron chi connectivity index (χ2n) is 9.40. The zero-order valence-electron chi connectivity index (χ0n) is 16.8. The minimum Gasteiger partial charge on any atom is -0.346 e. The van der Waals surface area contributed by atoms with E-state index < -0.39 is 37.4 Å². The van der Waals surface area contributed by atoms with Gasteiger partial charge < -0.3 is 9.47 Å². The van der Waals surface area contributed by atoms with Crippen LogP contribution in [0.5, 0.6) is 0 Å². The molecule has 162 valence electrons. The Balaban J connectivity index is 1.61. The van der Waals surface area contributed by atoms with E-state index in [1.807, 2.05) is 0 Å². The zero-order chi connectivity index (χ0) is 20.4. The molecule has 0 aromatic heterocycles. The first-order valence-electron chi connectivity index (χ1n) is 10.0. The van der Waals surface area contributed by atoms with Crippen molar-refractivity contribution in [2.75, 3.05) is 38.3 Å². The van der Waals surface area contributed by atoms with E-state index in [2.05, 4.69) is 13.8 Å². The SMILES string of the molecule is CC1(C)[C@H]2CC[C@]1(CS(=O)(=O)N1CCCC1)[C@]1(C2)OC[C@@H](COS(C)(=O)=O)O1. The average molecular weight is 438 g/mol. The van der Waals surface area contributed by atoms with Crippen molar-refractivity contribution in [1.29, 1.82) is 0 Å². The van der Waals surface area contributed by atoms with Crippen molar-refractivity contribution in [3.8, 4) is 0 Å². The van der Waals surface area contributed by atoms with Crippen LogP contribution in [0.4, 0.5) is 0 Å². The predicted molar refractivity (Wildman–Crippen MR) is 103 cm³/mol. The van der Waals surface area contributed by atoms with Gasteiger partial charge in [0.25, 0.3) is 10.1 Å². The quantitative estimate of drug-likeness (QED) is 0.578. The minimum absolute atomic E-state index is 0.0170. The largest absolute Gasteiger partial charge is 0.346 e. The summed E-state index contributed by atoms with van der Waals surface area (Å²) in [6.07, 6.45) is 4.63. The van der Waals surface area contributed by atoms with Gasteiger partial charge in [0.1, 0.15) is 6.10 Å². The number of rotatable bonds is 6. The Morgan fingerprint density at radius 1 is 1.14 bits per heavy atom. The van der Waals surface area contributed by atoms with E-state index in [0.29, 0.717) is 25.4 Å². The summed E-state index contributed by atoms with van der Waals surface area (Å²) in [5.74, 6) is -0.656. The van der Waals surface area contributed by atoms with E-state index in [9.17, 15) is 16.8 Å². The van der Waals surface area contributed by atoms with E-state index in [1.54, 1.807) is 4.31 Å². The Morgan fingerprint density at radius 2 is 1.82 bits per heavy atom. The summed E-state index contributed by atoms with van der Waals surface area (Å²) in [6.45, 7) is 5.53. The first-order chi connectivity index (χ1) is 12.9. The molecule has 0 aromatic carbocycles. The molecular formula is C18H31NO7S2. The van der Waals surface area contributed by atoms with Crippen LogP contribution < -0.4 is 0 Å². The van der Waals surface area contributed by atoms with Gasteiger partial charge in [0.15, 0.2) is 5.79 Å². The van der Waals surface area contributed by atoms with Crippen molar-refractivity contribution >= 4 is 20.1 Å². The van der Waals surface area contributed by atoms with Crippen LogP contribution in [0.25, 0.3) is 0 Å². The van der Waals surface area contributed by atoms with Gasteiger partial charge in [0.05, 0.1) is 25.2 Å². The smallest absolute Gasteiger partial charge is 0.264 e. The Labute approximate surface area is 168 Å². The van der Waals surface area contributed by atoms with Gasteiger partial charge in [-0.15, -0.1) is 0 Å². The molecule has 0 aromatic rings. The van der Waals surface area contributed by atoms with Gasteiger partial charge in [-0.05, 0) is 37.0 Å². The number of hydrogen-bond donors (Lipinski definition) is 0. The molecule has 2 aliphatic heterocycles. The molecule has 2 saturated carbocycles. The van der Waals surface area contributed by atoms with Crippen LogP contribution in [0.1, 0.15) is 46.0 Å². The Bertz CT molecular complexity index is 834. The number of ether oxygens (including phenoxy) is 2. The van der Waals surface area contributed by atoms with Crippen LogP contribution in [-0.2, 0) is 33.8 Å². The molecule has 4 rings (SSSR count). The summed E-state index contributed by atoms with van der Waals surface area (Å²) in [6, 6.07) is 0. The van der Waals surface area contributed by atoms with Crippen molar-refractivity contribution < 1.29 is 30.5 Å². The molecule has 1 spiro atoms. The summed E-state index contributed by atoms with van der Waals surface area (Å²) in [7, 11) is -7.00. The maximum atomic E-state index is 13.2. The van der Waals surface area contributed by atoms with E-state index in [1.165, 1.54) is 0 Å². The third-order valence-corrected chi connectivity index (χ3v) is 10.2. The first-order valence-corrected chi connectivity index (χ1v) is 13.5. The number of sulfonamides is 1. The standard InChI is InChI=1S/C18H31NO7S2/c1-16(2)14-6-7-17(16,13-28(22,23)19-8-4-5-9-19)18(10-14)24-11-15(26-18)12-25-27(3,20)21/h14-15H,4-13H2,1-3H3/t14-,15-,17+,18+/m0/s1. The number of hydrogen-bond acceptors (Lipinski definition) is 7. The van der Waals surface area contributed by atoms with Crippen LogP contribution in [0.3, 0.4) is 0 Å². The Morgan fingerprint density at radius 3 is 2.43 bits per heavy atom. The maximum Gasteiger partial charge on any atom is 0.264 e. The maximum absolute atomic E-state index is 13.2. The highest BCUT2D eigenvalue weighted by molar-refractivity contribution is 7.89. The molecule has 0 amide bonds. The molecule has 0 radical (unpaired) electrons. The van der Waals surface area contributed by atoms with Crippen molar-refractivity contribution in [2.24, 2.45) is 16.7 Å². The van der Waals surface area contributed by atoms with Crippen molar-refractivity contribution in [3.05, 3.63) is 0 Å². The molecule has 0 N–H and O–H groups in total. The first kappa shape index (κ1) is 21.0. The topological polar surface area (TPSA) is 99.2 Å². The van der Waals surface area contributed by atoms with Gasteiger partial charge in [-0.25, -0.2) is 12.7 Å². The molecule has 4 fully saturated rings. The molecule has 4 atom stereocenters. The predicted octanol–water partition coefficient (Wildman–Crippen LogP) is 1.33. The summed E-state index contributed by atoms with van der Waals surface area (Å²) in [5.41, 5.74) is -0.891. The average Bonchev–Trinajstić information content (AvgIpc) is 3.31. The molecule has 8 nitrogen and oxygen atoms in total. The third kappa shape index (κ3) is 3.15.